The maximum Gasteiger partial charge on any atom is 0.337 e. The third-order valence-corrected chi connectivity index (χ3v) is 1.61. The predicted molar refractivity (Wildman–Crippen MR) is 48.1 cm³/mol. The first-order valence-corrected chi connectivity index (χ1v) is 4.51. The van der Waals surface area contributed by atoms with E-state index in [0.717, 1.165) is 0 Å². The minimum Gasteiger partial charge on any atom is -0.464 e. The first kappa shape index (κ1) is 12.4. The molecular formula is C9H18O4. The van der Waals surface area contributed by atoms with Gasteiger partial charge >= 0.3 is 5.97 Å². The van der Waals surface area contributed by atoms with E-state index < -0.39 is 18.2 Å². The zero-order chi connectivity index (χ0) is 10.4. The Balaban J connectivity index is 3.93. The number of hydrogen-bond donors (Lipinski definition) is 2. The molecule has 0 fully saturated rings. The van der Waals surface area contributed by atoms with E-state index in [2.05, 4.69) is 4.74 Å². The second-order valence-electron chi connectivity index (χ2n) is 3.39. The highest BCUT2D eigenvalue weighted by Crippen LogP contribution is 2.09. The van der Waals surface area contributed by atoms with Crippen LogP contribution in [0.2, 0.25) is 0 Å². The van der Waals surface area contributed by atoms with Gasteiger partial charge in [-0.15, -0.1) is 0 Å². The molecule has 0 aromatic rings. The van der Waals surface area contributed by atoms with E-state index in [-0.39, 0.29) is 12.5 Å². The largest absolute Gasteiger partial charge is 0.464 e. The van der Waals surface area contributed by atoms with Crippen LogP contribution in [-0.4, -0.2) is 35.0 Å². The molecule has 13 heavy (non-hydrogen) atoms. The summed E-state index contributed by atoms with van der Waals surface area (Å²) in [6, 6.07) is 0. The minimum absolute atomic E-state index is 0.213. The van der Waals surface area contributed by atoms with Gasteiger partial charge in [-0.25, -0.2) is 4.79 Å². The normalized spacial score (nSPS) is 15.5. The fourth-order valence-electron chi connectivity index (χ4n) is 0.997. The molecule has 4 heteroatoms. The molecule has 2 unspecified atom stereocenters. The molecule has 0 saturated carbocycles. The molecule has 0 aromatic heterocycles. The summed E-state index contributed by atoms with van der Waals surface area (Å²) in [6.45, 7) is 5.67. The first-order chi connectivity index (χ1) is 5.99. The summed E-state index contributed by atoms with van der Waals surface area (Å²) in [5.74, 6) is -0.519. The SMILES string of the molecule is CCOC(=O)C(O)C(O)CC(C)C. The van der Waals surface area contributed by atoms with Crippen molar-refractivity contribution in [1.82, 2.24) is 0 Å². The number of ether oxygens (including phenoxy) is 1. The van der Waals surface area contributed by atoms with Crippen LogP contribution in [0.25, 0.3) is 0 Å². The molecule has 0 radical (unpaired) electrons. The highest BCUT2D eigenvalue weighted by molar-refractivity contribution is 5.75. The Hall–Kier alpha value is -0.610. The predicted octanol–water partition coefficient (Wildman–Crippen LogP) is 0.317. The van der Waals surface area contributed by atoms with E-state index in [0.29, 0.717) is 6.42 Å². The van der Waals surface area contributed by atoms with Crippen molar-refractivity contribution in [3.63, 3.8) is 0 Å². The number of rotatable bonds is 5. The molecule has 2 atom stereocenters. The second kappa shape index (κ2) is 5.94. The molecule has 0 aliphatic carbocycles. The average Bonchev–Trinajstić information content (AvgIpc) is 2.02. The lowest BCUT2D eigenvalue weighted by Crippen LogP contribution is -2.36. The van der Waals surface area contributed by atoms with Gasteiger partial charge in [0.05, 0.1) is 12.7 Å². The Morgan fingerprint density at radius 3 is 2.31 bits per heavy atom. The van der Waals surface area contributed by atoms with Crippen molar-refractivity contribution in [2.24, 2.45) is 5.92 Å². The van der Waals surface area contributed by atoms with E-state index in [4.69, 9.17) is 0 Å². The van der Waals surface area contributed by atoms with Crippen LogP contribution in [0.1, 0.15) is 27.2 Å². The Morgan fingerprint density at radius 1 is 1.38 bits per heavy atom. The van der Waals surface area contributed by atoms with Crippen LogP contribution in [0, 0.1) is 5.92 Å². The summed E-state index contributed by atoms with van der Waals surface area (Å²) >= 11 is 0. The number of esters is 1. The molecular weight excluding hydrogens is 172 g/mol. The van der Waals surface area contributed by atoms with Gasteiger partial charge in [-0.05, 0) is 19.3 Å². The van der Waals surface area contributed by atoms with Crippen molar-refractivity contribution in [3.8, 4) is 0 Å². The van der Waals surface area contributed by atoms with E-state index >= 15 is 0 Å². The van der Waals surface area contributed by atoms with Gasteiger partial charge in [0.25, 0.3) is 0 Å². The molecule has 0 aromatic carbocycles. The molecule has 4 nitrogen and oxygen atoms in total. The lowest BCUT2D eigenvalue weighted by Gasteiger charge is -2.17. The van der Waals surface area contributed by atoms with Crippen molar-refractivity contribution >= 4 is 5.97 Å². The van der Waals surface area contributed by atoms with Crippen LogP contribution in [-0.2, 0) is 9.53 Å². The van der Waals surface area contributed by atoms with E-state index in [9.17, 15) is 15.0 Å². The molecule has 78 valence electrons. The lowest BCUT2D eigenvalue weighted by atomic mass is 10.0. The van der Waals surface area contributed by atoms with Crippen molar-refractivity contribution < 1.29 is 19.7 Å². The maximum absolute atomic E-state index is 10.9. The van der Waals surface area contributed by atoms with Crippen molar-refractivity contribution in [2.75, 3.05) is 6.61 Å². The highest BCUT2D eigenvalue weighted by Gasteiger charge is 2.25. The Kier molecular flexibility index (Phi) is 5.66. The van der Waals surface area contributed by atoms with Crippen LogP contribution < -0.4 is 0 Å². The third kappa shape index (κ3) is 4.85. The number of aliphatic hydroxyl groups excluding tert-OH is 2. The van der Waals surface area contributed by atoms with Gasteiger partial charge in [-0.2, -0.15) is 0 Å². The van der Waals surface area contributed by atoms with Crippen molar-refractivity contribution in [3.05, 3.63) is 0 Å². The zero-order valence-electron chi connectivity index (χ0n) is 8.36. The average molecular weight is 190 g/mol. The van der Waals surface area contributed by atoms with Gasteiger partial charge in [0, 0.05) is 0 Å². The third-order valence-electron chi connectivity index (χ3n) is 1.61. The summed E-state index contributed by atoms with van der Waals surface area (Å²) in [5, 5.41) is 18.6. The number of hydrogen-bond acceptors (Lipinski definition) is 4. The van der Waals surface area contributed by atoms with Crippen molar-refractivity contribution in [1.29, 1.82) is 0 Å². The number of carbonyl (C=O) groups is 1. The van der Waals surface area contributed by atoms with Crippen LogP contribution in [0.15, 0.2) is 0 Å². The molecule has 0 aliphatic heterocycles. The quantitative estimate of drug-likeness (QED) is 0.613. The van der Waals surface area contributed by atoms with Crippen LogP contribution >= 0.6 is 0 Å². The fourth-order valence-corrected chi connectivity index (χ4v) is 0.997. The fraction of sp³-hybridized carbons (Fsp3) is 0.889. The minimum atomic E-state index is -1.41. The molecule has 0 rings (SSSR count). The summed E-state index contributed by atoms with van der Waals surface area (Å²) in [5.41, 5.74) is 0. The van der Waals surface area contributed by atoms with Gasteiger partial charge < -0.3 is 14.9 Å². The van der Waals surface area contributed by atoms with Crippen LogP contribution in [0.3, 0.4) is 0 Å². The molecule has 0 heterocycles. The van der Waals surface area contributed by atoms with Crippen LogP contribution in [0.4, 0.5) is 0 Å². The Morgan fingerprint density at radius 2 is 1.92 bits per heavy atom. The van der Waals surface area contributed by atoms with Crippen molar-refractivity contribution in [2.45, 2.75) is 39.4 Å². The van der Waals surface area contributed by atoms with E-state index in [1.165, 1.54) is 0 Å². The highest BCUT2D eigenvalue weighted by atomic mass is 16.5. The van der Waals surface area contributed by atoms with Gasteiger partial charge in [0.15, 0.2) is 6.10 Å². The summed E-state index contributed by atoms with van der Waals surface area (Å²) < 4.78 is 4.56. The van der Waals surface area contributed by atoms with Gasteiger partial charge in [0.1, 0.15) is 0 Å². The molecule has 0 spiro atoms. The standard InChI is InChI=1S/C9H18O4/c1-4-13-9(12)8(11)7(10)5-6(2)3/h6-8,10-11H,4-5H2,1-3H3. The maximum atomic E-state index is 10.9. The molecule has 2 N–H and O–H groups in total. The monoisotopic (exact) mass is 190 g/mol. The van der Waals surface area contributed by atoms with E-state index in [1.807, 2.05) is 13.8 Å². The summed E-state index contributed by atoms with van der Waals surface area (Å²) in [6.07, 6.45) is -2.05. The van der Waals surface area contributed by atoms with Gasteiger partial charge in [-0.1, -0.05) is 13.8 Å². The number of carbonyl (C=O) groups excluding carboxylic acids is 1. The van der Waals surface area contributed by atoms with Crippen LogP contribution in [0.5, 0.6) is 0 Å². The molecule has 0 aliphatic rings. The zero-order valence-corrected chi connectivity index (χ0v) is 8.36. The number of aliphatic hydroxyl groups is 2. The summed E-state index contributed by atoms with van der Waals surface area (Å²) in [7, 11) is 0. The Bertz CT molecular complexity index is 156. The first-order valence-electron chi connectivity index (χ1n) is 4.51. The van der Waals surface area contributed by atoms with Gasteiger partial charge in [0.2, 0.25) is 0 Å². The lowest BCUT2D eigenvalue weighted by molar-refractivity contribution is -0.159. The topological polar surface area (TPSA) is 66.8 Å². The smallest absolute Gasteiger partial charge is 0.337 e. The molecule has 0 bridgehead atoms. The summed E-state index contributed by atoms with van der Waals surface area (Å²) in [4.78, 5) is 10.9. The molecule has 0 saturated heterocycles. The molecule has 0 amide bonds. The van der Waals surface area contributed by atoms with Gasteiger partial charge in [-0.3, -0.25) is 0 Å². The Labute approximate surface area is 78.5 Å². The second-order valence-corrected chi connectivity index (χ2v) is 3.39. The van der Waals surface area contributed by atoms with E-state index in [1.54, 1.807) is 6.92 Å².